The third-order valence-electron chi connectivity index (χ3n) is 7.97. The lowest BCUT2D eigenvalue weighted by Gasteiger charge is -2.36. The Kier molecular flexibility index (Phi) is 4.87. The number of ether oxygens (including phenoxy) is 2. The van der Waals surface area contributed by atoms with Gasteiger partial charge in [-0.25, -0.2) is 4.98 Å². The molecule has 172 valence electrons. The maximum absolute atomic E-state index is 11.8. The van der Waals surface area contributed by atoms with Crippen molar-refractivity contribution >= 4 is 28.2 Å². The highest BCUT2D eigenvalue weighted by molar-refractivity contribution is 7.15. The molecule has 4 atom stereocenters. The van der Waals surface area contributed by atoms with Crippen molar-refractivity contribution in [3.63, 3.8) is 0 Å². The molecule has 0 saturated heterocycles. The number of imidazole rings is 1. The Balaban J connectivity index is 1.40. The van der Waals surface area contributed by atoms with Crippen molar-refractivity contribution in [2.75, 3.05) is 0 Å². The number of carbonyl (C=O) groups excluding carboxylic acids is 2. The van der Waals surface area contributed by atoms with E-state index < -0.39 is 11.9 Å². The van der Waals surface area contributed by atoms with E-state index in [1.807, 2.05) is 11.4 Å². The molecule has 3 aliphatic rings. The zero-order chi connectivity index (χ0) is 22.7. The second-order valence-electron chi connectivity index (χ2n) is 10.2. The number of rotatable bonds is 4. The minimum Gasteiger partial charge on any atom is -0.427 e. The van der Waals surface area contributed by atoms with Crippen molar-refractivity contribution in [2.24, 2.45) is 17.8 Å². The van der Waals surface area contributed by atoms with Gasteiger partial charge in [0, 0.05) is 42.5 Å². The zero-order valence-corrected chi connectivity index (χ0v) is 19.8. The number of hydrogen-bond acceptors (Lipinski definition) is 6. The van der Waals surface area contributed by atoms with Crippen LogP contribution in [-0.4, -0.2) is 21.3 Å². The van der Waals surface area contributed by atoms with Gasteiger partial charge in [-0.3, -0.25) is 14.0 Å². The van der Waals surface area contributed by atoms with Gasteiger partial charge in [-0.15, -0.1) is 11.3 Å². The maximum Gasteiger partial charge on any atom is 0.308 e. The van der Waals surface area contributed by atoms with E-state index in [1.165, 1.54) is 64.5 Å². The van der Waals surface area contributed by atoms with Gasteiger partial charge in [0.25, 0.3) is 0 Å². The molecule has 7 heteroatoms. The first-order valence-corrected chi connectivity index (χ1v) is 12.8. The highest BCUT2D eigenvalue weighted by atomic mass is 32.1. The van der Waals surface area contributed by atoms with Gasteiger partial charge in [0.15, 0.2) is 4.96 Å². The summed E-state index contributed by atoms with van der Waals surface area (Å²) in [4.78, 5) is 29.3. The van der Waals surface area contributed by atoms with Gasteiger partial charge in [0.05, 0.1) is 11.4 Å². The fourth-order valence-corrected chi connectivity index (χ4v) is 7.76. The Labute approximate surface area is 196 Å². The summed E-state index contributed by atoms with van der Waals surface area (Å²) in [5, 5.41) is 2.05. The first-order valence-electron chi connectivity index (χ1n) is 11.9. The summed E-state index contributed by atoms with van der Waals surface area (Å²) in [6.45, 7) is 2.72. The molecule has 2 heterocycles. The van der Waals surface area contributed by atoms with Crippen LogP contribution < -0.4 is 9.47 Å². The van der Waals surface area contributed by atoms with Crippen LogP contribution in [0.4, 0.5) is 0 Å². The third kappa shape index (κ3) is 3.57. The van der Waals surface area contributed by atoms with Gasteiger partial charge < -0.3 is 9.47 Å². The average molecular weight is 465 g/mol. The molecule has 3 saturated carbocycles. The number of carbonyl (C=O) groups is 2. The monoisotopic (exact) mass is 464 g/mol. The number of aromatic nitrogens is 2. The number of fused-ring (bicyclic) bond motifs is 3. The molecule has 0 N–H and O–H groups in total. The van der Waals surface area contributed by atoms with E-state index in [-0.39, 0.29) is 5.41 Å². The summed E-state index contributed by atoms with van der Waals surface area (Å²) in [6.07, 6.45) is 11.6. The smallest absolute Gasteiger partial charge is 0.308 e. The lowest BCUT2D eigenvalue weighted by atomic mass is 9.68. The minimum absolute atomic E-state index is 0.222. The molecule has 3 bridgehead atoms. The van der Waals surface area contributed by atoms with Crippen molar-refractivity contribution in [3.8, 4) is 22.8 Å². The summed E-state index contributed by atoms with van der Waals surface area (Å²) in [5.74, 6) is 2.47. The van der Waals surface area contributed by atoms with Gasteiger partial charge in [-0.05, 0) is 55.6 Å². The van der Waals surface area contributed by atoms with Crippen LogP contribution in [-0.2, 0) is 15.0 Å². The van der Waals surface area contributed by atoms with Crippen LogP contribution in [0.25, 0.3) is 16.2 Å². The Morgan fingerprint density at radius 2 is 1.91 bits per heavy atom. The topological polar surface area (TPSA) is 69.9 Å². The SMILES string of the molecule is CC(=O)Oc1ccc(-c2csc3nc(C45CC6CCCC(C4)C(C6)C5)cn23)c(OC(C)=O)c1. The predicted octanol–water partition coefficient (Wildman–Crippen LogP) is 5.77. The normalized spacial score (nSPS) is 28.1. The molecule has 0 aliphatic heterocycles. The molecule has 6 rings (SSSR count). The highest BCUT2D eigenvalue weighted by Crippen LogP contribution is 2.60. The van der Waals surface area contributed by atoms with Gasteiger partial charge in [0.1, 0.15) is 11.5 Å². The largest absolute Gasteiger partial charge is 0.427 e. The van der Waals surface area contributed by atoms with Crippen LogP contribution in [0.1, 0.15) is 64.5 Å². The number of nitrogens with zero attached hydrogens (tertiary/aromatic N) is 2. The Hall–Kier alpha value is -2.67. The van der Waals surface area contributed by atoms with Crippen LogP contribution in [0.15, 0.2) is 29.8 Å². The van der Waals surface area contributed by atoms with E-state index in [0.717, 1.165) is 34.0 Å². The Bertz CT molecular complexity index is 1260. The van der Waals surface area contributed by atoms with Crippen molar-refractivity contribution in [1.82, 2.24) is 9.38 Å². The number of thiazole rings is 1. The quantitative estimate of drug-likeness (QED) is 0.362. The zero-order valence-electron chi connectivity index (χ0n) is 19.0. The van der Waals surface area contributed by atoms with E-state index in [9.17, 15) is 9.59 Å². The molecule has 3 aliphatic carbocycles. The fourth-order valence-electron chi connectivity index (χ4n) is 6.88. The van der Waals surface area contributed by atoms with Crippen LogP contribution >= 0.6 is 11.3 Å². The Morgan fingerprint density at radius 1 is 1.09 bits per heavy atom. The van der Waals surface area contributed by atoms with Crippen LogP contribution in [0, 0.1) is 17.8 Å². The van der Waals surface area contributed by atoms with Gasteiger partial charge in [0.2, 0.25) is 0 Å². The molecular formula is C26H28N2O4S. The Morgan fingerprint density at radius 3 is 2.73 bits per heavy atom. The van der Waals surface area contributed by atoms with E-state index in [4.69, 9.17) is 14.5 Å². The molecule has 3 fully saturated rings. The molecule has 3 aromatic rings. The first-order chi connectivity index (χ1) is 15.9. The summed E-state index contributed by atoms with van der Waals surface area (Å²) in [6, 6.07) is 5.17. The molecule has 33 heavy (non-hydrogen) atoms. The molecular weight excluding hydrogens is 436 g/mol. The van der Waals surface area contributed by atoms with Crippen molar-refractivity contribution in [1.29, 1.82) is 0 Å². The van der Waals surface area contributed by atoms with Gasteiger partial charge in [-0.2, -0.15) is 0 Å². The first kappa shape index (κ1) is 20.9. The summed E-state index contributed by atoms with van der Waals surface area (Å²) < 4.78 is 12.8. The maximum atomic E-state index is 11.8. The molecule has 2 aromatic heterocycles. The lowest BCUT2D eigenvalue weighted by molar-refractivity contribution is -0.132. The third-order valence-corrected chi connectivity index (χ3v) is 8.81. The van der Waals surface area contributed by atoms with Crippen LogP contribution in [0.3, 0.4) is 0 Å². The van der Waals surface area contributed by atoms with Crippen LogP contribution in [0.5, 0.6) is 11.5 Å². The summed E-state index contributed by atoms with van der Waals surface area (Å²) in [5.41, 5.74) is 3.17. The molecule has 0 spiro atoms. The number of benzene rings is 1. The molecule has 4 unspecified atom stereocenters. The standard InChI is InChI=1S/C26H28N2O4S/c1-15(29)31-20-6-7-21(23(9-20)32-16(2)30)22-14-33-25-27-24(13-28(22)25)26-10-17-4-3-5-18(11-26)19(8-17)12-26/h6-7,9,13-14,17-19H,3-5,8,10-12H2,1-2H3. The van der Waals surface area contributed by atoms with E-state index in [2.05, 4.69) is 10.6 Å². The molecule has 1 aromatic carbocycles. The number of hydrogen-bond donors (Lipinski definition) is 0. The summed E-state index contributed by atoms with van der Waals surface area (Å²) >= 11 is 1.61. The van der Waals surface area contributed by atoms with Crippen molar-refractivity contribution in [3.05, 3.63) is 35.5 Å². The minimum atomic E-state index is -0.418. The van der Waals surface area contributed by atoms with Gasteiger partial charge >= 0.3 is 11.9 Å². The highest BCUT2D eigenvalue weighted by Gasteiger charge is 2.53. The van der Waals surface area contributed by atoms with Crippen LogP contribution in [0.2, 0.25) is 0 Å². The fraction of sp³-hybridized carbons (Fsp3) is 0.500. The van der Waals surface area contributed by atoms with E-state index in [0.29, 0.717) is 11.5 Å². The van der Waals surface area contributed by atoms with Crippen molar-refractivity contribution in [2.45, 2.75) is 64.2 Å². The van der Waals surface area contributed by atoms with Gasteiger partial charge in [-0.1, -0.05) is 19.3 Å². The second-order valence-corrected chi connectivity index (χ2v) is 11.0. The van der Waals surface area contributed by atoms with Crippen molar-refractivity contribution < 1.29 is 19.1 Å². The average Bonchev–Trinajstić information content (AvgIpc) is 3.37. The number of esters is 2. The van der Waals surface area contributed by atoms with E-state index in [1.54, 1.807) is 23.5 Å². The molecule has 0 amide bonds. The molecule has 0 radical (unpaired) electrons. The summed E-state index contributed by atoms with van der Waals surface area (Å²) in [7, 11) is 0. The van der Waals surface area contributed by atoms with E-state index >= 15 is 0 Å². The second kappa shape index (κ2) is 7.69. The lowest BCUT2D eigenvalue weighted by Crippen LogP contribution is -2.31. The predicted molar refractivity (Wildman–Crippen MR) is 126 cm³/mol. The molecule has 6 nitrogen and oxygen atoms in total.